The van der Waals surface area contributed by atoms with Crippen molar-refractivity contribution in [2.45, 2.75) is 57.3 Å². The minimum atomic E-state index is -0.266. The maximum absolute atomic E-state index is 12.8. The molecular formula is C21H26N4O3. The monoisotopic (exact) mass is 382 g/mol. The molecule has 7 nitrogen and oxygen atoms in total. The van der Waals surface area contributed by atoms with Crippen molar-refractivity contribution in [1.29, 1.82) is 0 Å². The van der Waals surface area contributed by atoms with E-state index in [9.17, 15) is 4.79 Å². The number of carbonyl (C=O) groups excluding carboxylic acids is 1. The number of ether oxygens (including phenoxy) is 2. The largest absolute Gasteiger partial charge is 0.372 e. The Hall–Kier alpha value is -2.25. The second-order valence-corrected chi connectivity index (χ2v) is 8.27. The summed E-state index contributed by atoms with van der Waals surface area (Å²) in [5.41, 5.74) is 4.54. The first-order valence-electron chi connectivity index (χ1n) is 10.2. The predicted molar refractivity (Wildman–Crippen MR) is 102 cm³/mol. The fourth-order valence-electron chi connectivity index (χ4n) is 4.67. The highest BCUT2D eigenvalue weighted by molar-refractivity contribution is 5.95. The van der Waals surface area contributed by atoms with Crippen LogP contribution in [-0.2, 0) is 28.9 Å². The number of carbonyl (C=O) groups is 1. The fraction of sp³-hybridized carbons (Fsp3) is 0.571. The third kappa shape index (κ3) is 3.22. The Kier molecular flexibility index (Phi) is 4.44. The van der Waals surface area contributed by atoms with Crippen LogP contribution >= 0.6 is 0 Å². The Morgan fingerprint density at radius 2 is 2.29 bits per heavy atom. The molecular weight excluding hydrogens is 356 g/mol. The molecule has 2 aromatic rings. The van der Waals surface area contributed by atoms with Crippen LogP contribution in [0.2, 0.25) is 0 Å². The molecule has 0 saturated carbocycles. The SMILES string of the molecule is Cc1cccc(CO[C@H]2CCOC3(C2)CN(C(=O)c2n[nH]c4c2CCC4)C3)n1. The second-order valence-electron chi connectivity index (χ2n) is 8.27. The number of fused-ring (bicyclic) bond motifs is 1. The molecule has 3 aliphatic rings. The lowest BCUT2D eigenvalue weighted by Gasteiger charge is -2.52. The molecule has 2 saturated heterocycles. The van der Waals surface area contributed by atoms with E-state index < -0.39 is 0 Å². The summed E-state index contributed by atoms with van der Waals surface area (Å²) in [5, 5.41) is 7.30. The minimum absolute atomic E-state index is 0.0284. The smallest absolute Gasteiger partial charge is 0.274 e. The summed E-state index contributed by atoms with van der Waals surface area (Å²) in [6.45, 7) is 4.42. The van der Waals surface area contributed by atoms with Gasteiger partial charge in [0.05, 0.1) is 31.5 Å². The second kappa shape index (κ2) is 6.97. The molecule has 1 aliphatic carbocycles. The van der Waals surface area contributed by atoms with Crippen molar-refractivity contribution in [2.24, 2.45) is 0 Å². The number of H-pyrrole nitrogens is 1. The van der Waals surface area contributed by atoms with Crippen molar-refractivity contribution in [3.63, 3.8) is 0 Å². The van der Waals surface area contributed by atoms with Gasteiger partial charge in [-0.25, -0.2) is 0 Å². The molecule has 2 fully saturated rings. The van der Waals surface area contributed by atoms with Gasteiger partial charge in [0.15, 0.2) is 5.69 Å². The van der Waals surface area contributed by atoms with E-state index in [1.165, 1.54) is 0 Å². The lowest BCUT2D eigenvalue weighted by atomic mass is 9.84. The molecule has 0 aromatic carbocycles. The van der Waals surface area contributed by atoms with E-state index in [4.69, 9.17) is 9.47 Å². The zero-order valence-electron chi connectivity index (χ0n) is 16.2. The number of amides is 1. The summed E-state index contributed by atoms with van der Waals surface area (Å²) in [4.78, 5) is 19.2. The summed E-state index contributed by atoms with van der Waals surface area (Å²) in [6.07, 6.45) is 4.90. The van der Waals surface area contributed by atoms with Crippen LogP contribution in [0.5, 0.6) is 0 Å². The van der Waals surface area contributed by atoms with Crippen molar-refractivity contribution in [1.82, 2.24) is 20.1 Å². The Labute approximate surface area is 164 Å². The third-order valence-electron chi connectivity index (χ3n) is 6.11. The number of hydrogen-bond donors (Lipinski definition) is 1. The van der Waals surface area contributed by atoms with Crippen LogP contribution in [0.3, 0.4) is 0 Å². The Bertz CT molecular complexity index is 888. The Morgan fingerprint density at radius 3 is 3.14 bits per heavy atom. The van der Waals surface area contributed by atoms with Gasteiger partial charge >= 0.3 is 0 Å². The topological polar surface area (TPSA) is 80.3 Å². The quantitative estimate of drug-likeness (QED) is 0.877. The molecule has 0 unspecified atom stereocenters. The van der Waals surface area contributed by atoms with Crippen LogP contribution in [0.25, 0.3) is 0 Å². The molecule has 1 amide bonds. The number of pyridine rings is 1. The molecule has 2 aromatic heterocycles. The number of aromatic amines is 1. The molecule has 1 atom stereocenters. The Morgan fingerprint density at radius 1 is 1.39 bits per heavy atom. The summed E-state index contributed by atoms with van der Waals surface area (Å²) >= 11 is 0. The van der Waals surface area contributed by atoms with Gasteiger partial charge in [0.2, 0.25) is 0 Å². The first-order valence-corrected chi connectivity index (χ1v) is 10.2. The van der Waals surface area contributed by atoms with Gasteiger partial charge in [-0.05, 0) is 44.7 Å². The van der Waals surface area contributed by atoms with E-state index >= 15 is 0 Å². The van der Waals surface area contributed by atoms with Gasteiger partial charge in [0.1, 0.15) is 5.60 Å². The van der Waals surface area contributed by atoms with E-state index in [-0.39, 0.29) is 17.6 Å². The average molecular weight is 382 g/mol. The van der Waals surface area contributed by atoms with Crippen LogP contribution in [0.15, 0.2) is 18.2 Å². The summed E-state index contributed by atoms with van der Waals surface area (Å²) in [6, 6.07) is 5.99. The lowest BCUT2D eigenvalue weighted by molar-refractivity contribution is -0.188. The minimum Gasteiger partial charge on any atom is -0.372 e. The summed E-state index contributed by atoms with van der Waals surface area (Å²) in [7, 11) is 0. The van der Waals surface area contributed by atoms with Gasteiger partial charge in [-0.3, -0.25) is 14.9 Å². The molecule has 1 N–H and O–H groups in total. The lowest BCUT2D eigenvalue weighted by Crippen LogP contribution is -2.67. The van der Waals surface area contributed by atoms with E-state index in [0.717, 1.165) is 54.7 Å². The number of rotatable bonds is 4. The number of aromatic nitrogens is 3. The van der Waals surface area contributed by atoms with E-state index in [2.05, 4.69) is 15.2 Å². The van der Waals surface area contributed by atoms with Crippen molar-refractivity contribution >= 4 is 5.91 Å². The molecule has 28 heavy (non-hydrogen) atoms. The van der Waals surface area contributed by atoms with Crippen LogP contribution in [-0.4, -0.2) is 57.4 Å². The van der Waals surface area contributed by atoms with Gasteiger partial charge < -0.3 is 14.4 Å². The van der Waals surface area contributed by atoms with Crippen LogP contribution < -0.4 is 0 Å². The molecule has 148 valence electrons. The highest BCUT2D eigenvalue weighted by Gasteiger charge is 2.50. The van der Waals surface area contributed by atoms with Gasteiger partial charge in [-0.15, -0.1) is 0 Å². The number of nitrogens with one attached hydrogen (secondary N) is 1. The van der Waals surface area contributed by atoms with Gasteiger partial charge in [-0.2, -0.15) is 5.10 Å². The van der Waals surface area contributed by atoms with Gasteiger partial charge in [0, 0.05) is 30.0 Å². The third-order valence-corrected chi connectivity index (χ3v) is 6.11. The average Bonchev–Trinajstić information content (AvgIpc) is 3.28. The van der Waals surface area contributed by atoms with E-state index in [1.54, 1.807) is 0 Å². The molecule has 5 rings (SSSR count). The van der Waals surface area contributed by atoms with Crippen molar-refractivity contribution in [2.75, 3.05) is 19.7 Å². The van der Waals surface area contributed by atoms with Crippen LogP contribution in [0.1, 0.15) is 52.4 Å². The standard InChI is InChI=1S/C21H26N4O3/c1-14-4-2-5-15(22-14)11-27-16-8-9-28-21(10-16)12-25(13-21)20(26)19-17-6-3-7-18(17)23-24-19/h2,4-5,16H,3,6-13H2,1H3,(H,23,24)/t16-/m0/s1. The number of nitrogens with zero attached hydrogens (tertiary/aromatic N) is 3. The zero-order valence-corrected chi connectivity index (χ0v) is 16.2. The maximum Gasteiger partial charge on any atom is 0.274 e. The van der Waals surface area contributed by atoms with Crippen molar-refractivity contribution < 1.29 is 14.3 Å². The number of aryl methyl sites for hydroxylation is 2. The molecule has 2 aliphatic heterocycles. The Balaban J connectivity index is 1.17. The zero-order chi connectivity index (χ0) is 19.1. The van der Waals surface area contributed by atoms with Gasteiger partial charge in [0.25, 0.3) is 5.91 Å². The van der Waals surface area contributed by atoms with E-state index in [0.29, 0.717) is 32.0 Å². The van der Waals surface area contributed by atoms with Crippen molar-refractivity contribution in [3.05, 3.63) is 46.5 Å². The predicted octanol–water partition coefficient (Wildman–Crippen LogP) is 2.19. The van der Waals surface area contributed by atoms with E-state index in [1.807, 2.05) is 30.0 Å². The van der Waals surface area contributed by atoms with Gasteiger partial charge in [-0.1, -0.05) is 6.07 Å². The summed E-state index contributed by atoms with van der Waals surface area (Å²) in [5.74, 6) is 0.0284. The highest BCUT2D eigenvalue weighted by atomic mass is 16.5. The van der Waals surface area contributed by atoms with Crippen LogP contribution in [0.4, 0.5) is 0 Å². The summed E-state index contributed by atoms with van der Waals surface area (Å²) < 4.78 is 12.2. The molecule has 4 heterocycles. The molecule has 0 radical (unpaired) electrons. The number of hydrogen-bond acceptors (Lipinski definition) is 5. The fourth-order valence-corrected chi connectivity index (χ4v) is 4.67. The first-order chi connectivity index (χ1) is 13.6. The number of likely N-dealkylation sites (tertiary alicyclic amines) is 1. The first kappa shape index (κ1) is 17.8. The maximum atomic E-state index is 12.8. The van der Waals surface area contributed by atoms with Crippen LogP contribution in [0, 0.1) is 6.92 Å². The van der Waals surface area contributed by atoms with Crippen molar-refractivity contribution in [3.8, 4) is 0 Å². The highest BCUT2D eigenvalue weighted by Crippen LogP contribution is 2.37. The molecule has 0 bridgehead atoms. The normalized spacial score (nSPS) is 22.9. The molecule has 1 spiro atoms. The molecule has 7 heteroatoms.